The Hall–Kier alpha value is -0.970. The van der Waals surface area contributed by atoms with Crippen molar-refractivity contribution in [1.82, 2.24) is 15.5 Å². The third-order valence-electron chi connectivity index (χ3n) is 2.41. The lowest BCUT2D eigenvalue weighted by atomic mass is 10.1. The molecule has 0 aliphatic rings. The summed E-state index contributed by atoms with van der Waals surface area (Å²) in [4.78, 5) is 0. The van der Waals surface area contributed by atoms with Crippen molar-refractivity contribution in [3.63, 3.8) is 0 Å². The Labute approximate surface area is 110 Å². The van der Waals surface area contributed by atoms with Gasteiger partial charge in [-0.3, -0.25) is 0 Å². The van der Waals surface area contributed by atoms with Gasteiger partial charge in [-0.2, -0.15) is 0 Å². The van der Waals surface area contributed by atoms with E-state index in [0.717, 1.165) is 39.3 Å². The molecular formula is C12H14ClN3S. The van der Waals surface area contributed by atoms with Gasteiger partial charge in [0.1, 0.15) is 10.0 Å². The van der Waals surface area contributed by atoms with Crippen molar-refractivity contribution >= 4 is 22.9 Å². The van der Waals surface area contributed by atoms with Crippen LogP contribution in [0.3, 0.4) is 0 Å². The monoisotopic (exact) mass is 267 g/mol. The summed E-state index contributed by atoms with van der Waals surface area (Å²) in [6, 6.07) is 5.83. The second-order valence-electron chi connectivity index (χ2n) is 3.74. The Kier molecular flexibility index (Phi) is 4.10. The molecule has 0 saturated heterocycles. The van der Waals surface area contributed by atoms with E-state index in [0.29, 0.717) is 0 Å². The van der Waals surface area contributed by atoms with Gasteiger partial charge in [-0.15, -0.1) is 10.2 Å². The molecule has 1 aromatic heterocycles. The molecule has 1 aromatic carbocycles. The van der Waals surface area contributed by atoms with Gasteiger partial charge in [0.25, 0.3) is 0 Å². The second kappa shape index (κ2) is 5.58. The van der Waals surface area contributed by atoms with Gasteiger partial charge in [0, 0.05) is 17.1 Å². The number of benzene rings is 1. The average Bonchev–Trinajstić information content (AvgIpc) is 2.75. The summed E-state index contributed by atoms with van der Waals surface area (Å²) in [5.41, 5.74) is 2.23. The molecule has 1 heterocycles. The van der Waals surface area contributed by atoms with E-state index in [-0.39, 0.29) is 0 Å². The second-order valence-corrected chi connectivity index (χ2v) is 5.24. The lowest BCUT2D eigenvalue weighted by Gasteiger charge is -2.01. The Morgan fingerprint density at radius 1 is 1.35 bits per heavy atom. The summed E-state index contributed by atoms with van der Waals surface area (Å²) in [5.74, 6) is 0. The summed E-state index contributed by atoms with van der Waals surface area (Å²) in [6.07, 6.45) is 0. The van der Waals surface area contributed by atoms with Crippen LogP contribution < -0.4 is 5.32 Å². The van der Waals surface area contributed by atoms with E-state index in [2.05, 4.69) is 22.4 Å². The van der Waals surface area contributed by atoms with Crippen LogP contribution in [-0.2, 0) is 6.54 Å². The van der Waals surface area contributed by atoms with Crippen molar-refractivity contribution in [3.05, 3.63) is 33.8 Å². The summed E-state index contributed by atoms with van der Waals surface area (Å²) in [7, 11) is 0. The van der Waals surface area contributed by atoms with E-state index < -0.39 is 0 Å². The van der Waals surface area contributed by atoms with E-state index in [1.165, 1.54) is 0 Å². The number of hydrogen-bond acceptors (Lipinski definition) is 4. The van der Waals surface area contributed by atoms with Crippen LogP contribution in [-0.4, -0.2) is 16.7 Å². The highest BCUT2D eigenvalue weighted by Gasteiger charge is 2.08. The van der Waals surface area contributed by atoms with Crippen molar-refractivity contribution in [2.24, 2.45) is 0 Å². The topological polar surface area (TPSA) is 37.8 Å². The van der Waals surface area contributed by atoms with Crippen molar-refractivity contribution in [3.8, 4) is 10.6 Å². The molecule has 90 valence electrons. The first-order valence-corrected chi connectivity index (χ1v) is 6.69. The molecular weight excluding hydrogens is 254 g/mol. The highest BCUT2D eigenvalue weighted by molar-refractivity contribution is 7.14. The maximum absolute atomic E-state index is 5.94. The van der Waals surface area contributed by atoms with Crippen molar-refractivity contribution in [2.75, 3.05) is 6.54 Å². The molecule has 0 bridgehead atoms. The van der Waals surface area contributed by atoms with Crippen molar-refractivity contribution in [1.29, 1.82) is 0 Å². The Morgan fingerprint density at radius 2 is 2.18 bits per heavy atom. The van der Waals surface area contributed by atoms with E-state index in [4.69, 9.17) is 11.6 Å². The van der Waals surface area contributed by atoms with Crippen LogP contribution in [0.25, 0.3) is 10.6 Å². The normalized spacial score (nSPS) is 10.8. The molecule has 3 nitrogen and oxygen atoms in total. The molecule has 0 fully saturated rings. The number of aryl methyl sites for hydroxylation is 1. The van der Waals surface area contributed by atoms with Gasteiger partial charge >= 0.3 is 0 Å². The molecule has 0 aliphatic heterocycles. The summed E-state index contributed by atoms with van der Waals surface area (Å²) in [5, 5.41) is 14.3. The summed E-state index contributed by atoms with van der Waals surface area (Å²) < 4.78 is 0. The zero-order valence-electron chi connectivity index (χ0n) is 9.83. The average molecular weight is 268 g/mol. The minimum Gasteiger partial charge on any atom is -0.311 e. The SMILES string of the molecule is CCNCc1nnc(-c2ccc(Cl)cc2C)s1. The number of rotatable bonds is 4. The van der Waals surface area contributed by atoms with Crippen LogP contribution in [0.4, 0.5) is 0 Å². The van der Waals surface area contributed by atoms with Crippen LogP contribution >= 0.6 is 22.9 Å². The molecule has 0 amide bonds. The molecule has 0 atom stereocenters. The fourth-order valence-corrected chi connectivity index (χ4v) is 2.66. The largest absolute Gasteiger partial charge is 0.311 e. The quantitative estimate of drug-likeness (QED) is 0.924. The Bertz CT molecular complexity index is 510. The third kappa shape index (κ3) is 3.03. The van der Waals surface area contributed by atoms with Gasteiger partial charge in [0.15, 0.2) is 0 Å². The zero-order chi connectivity index (χ0) is 12.3. The van der Waals surface area contributed by atoms with Gasteiger partial charge in [0.05, 0.1) is 0 Å². The molecule has 17 heavy (non-hydrogen) atoms. The van der Waals surface area contributed by atoms with Crippen LogP contribution in [0, 0.1) is 6.92 Å². The first-order chi connectivity index (χ1) is 8.20. The molecule has 0 spiro atoms. The Balaban J connectivity index is 2.24. The molecule has 5 heteroatoms. The van der Waals surface area contributed by atoms with Crippen LogP contribution in [0.1, 0.15) is 17.5 Å². The fraction of sp³-hybridized carbons (Fsp3) is 0.333. The molecule has 1 N–H and O–H groups in total. The van der Waals surface area contributed by atoms with Crippen LogP contribution in [0.5, 0.6) is 0 Å². The third-order valence-corrected chi connectivity index (χ3v) is 3.60. The van der Waals surface area contributed by atoms with Crippen LogP contribution in [0.2, 0.25) is 5.02 Å². The predicted octanol–water partition coefficient (Wildman–Crippen LogP) is 3.28. The van der Waals surface area contributed by atoms with Gasteiger partial charge in [-0.05, 0) is 31.2 Å². The van der Waals surface area contributed by atoms with Gasteiger partial charge in [-0.25, -0.2) is 0 Å². The molecule has 0 radical (unpaired) electrons. The molecule has 2 aromatic rings. The minimum atomic E-state index is 0.753. The van der Waals surface area contributed by atoms with Crippen molar-refractivity contribution in [2.45, 2.75) is 20.4 Å². The first-order valence-electron chi connectivity index (χ1n) is 5.50. The first kappa shape index (κ1) is 12.5. The number of hydrogen-bond donors (Lipinski definition) is 1. The zero-order valence-corrected chi connectivity index (χ0v) is 11.4. The molecule has 2 rings (SSSR count). The van der Waals surface area contributed by atoms with E-state index in [9.17, 15) is 0 Å². The number of halogens is 1. The van der Waals surface area contributed by atoms with E-state index in [1.54, 1.807) is 11.3 Å². The minimum absolute atomic E-state index is 0.753. The maximum Gasteiger partial charge on any atom is 0.148 e. The van der Waals surface area contributed by atoms with Gasteiger partial charge < -0.3 is 5.32 Å². The molecule has 0 saturated carbocycles. The van der Waals surface area contributed by atoms with Gasteiger partial charge in [-0.1, -0.05) is 35.9 Å². The lowest BCUT2D eigenvalue weighted by molar-refractivity contribution is 0.715. The summed E-state index contributed by atoms with van der Waals surface area (Å²) >= 11 is 7.55. The van der Waals surface area contributed by atoms with E-state index in [1.807, 2.05) is 25.1 Å². The highest BCUT2D eigenvalue weighted by Crippen LogP contribution is 2.28. The number of nitrogens with one attached hydrogen (secondary N) is 1. The molecule has 0 aliphatic carbocycles. The standard InChI is InChI=1S/C12H14ClN3S/c1-3-14-7-11-15-16-12(17-11)10-5-4-9(13)6-8(10)2/h4-6,14H,3,7H2,1-2H3. The Morgan fingerprint density at radius 3 is 2.88 bits per heavy atom. The van der Waals surface area contributed by atoms with Crippen molar-refractivity contribution < 1.29 is 0 Å². The van der Waals surface area contributed by atoms with E-state index >= 15 is 0 Å². The number of nitrogens with zero attached hydrogens (tertiary/aromatic N) is 2. The predicted molar refractivity (Wildman–Crippen MR) is 72.5 cm³/mol. The van der Waals surface area contributed by atoms with Gasteiger partial charge in [0.2, 0.25) is 0 Å². The van der Waals surface area contributed by atoms with Crippen LogP contribution in [0.15, 0.2) is 18.2 Å². The number of aromatic nitrogens is 2. The smallest absolute Gasteiger partial charge is 0.148 e. The fourth-order valence-electron chi connectivity index (χ4n) is 1.53. The highest BCUT2D eigenvalue weighted by atomic mass is 35.5. The molecule has 0 unspecified atom stereocenters. The maximum atomic E-state index is 5.94. The summed E-state index contributed by atoms with van der Waals surface area (Å²) in [6.45, 7) is 5.83. The lowest BCUT2D eigenvalue weighted by Crippen LogP contribution is -2.11.